The van der Waals surface area contributed by atoms with Crippen LogP contribution in [0.25, 0.3) is 10.9 Å². The van der Waals surface area contributed by atoms with Gasteiger partial charge in [-0.05, 0) is 24.5 Å². The number of hydrogen-bond donors (Lipinski definition) is 0. The van der Waals surface area contributed by atoms with Gasteiger partial charge in [-0.15, -0.1) is 0 Å². The minimum atomic E-state index is 1.09. The van der Waals surface area contributed by atoms with Crippen LogP contribution in [0.3, 0.4) is 0 Å². The number of benzene rings is 1. The van der Waals surface area contributed by atoms with Crippen molar-refractivity contribution in [3.8, 4) is 0 Å². The third-order valence-electron chi connectivity index (χ3n) is 3.45. The number of pyridine rings is 1. The van der Waals surface area contributed by atoms with Crippen molar-refractivity contribution in [2.45, 2.75) is 51.9 Å². The van der Waals surface area contributed by atoms with Gasteiger partial charge >= 0.3 is 0 Å². The molecule has 95 valence electrons. The number of unbranched alkanes of at least 4 members (excludes halogenated alkanes) is 5. The molecule has 0 spiro atoms. The fraction of sp³-hybridized carbons (Fsp3) is 0.471. The molecule has 0 saturated carbocycles. The van der Waals surface area contributed by atoms with Crippen LogP contribution >= 0.6 is 0 Å². The molecule has 0 aliphatic heterocycles. The first kappa shape index (κ1) is 13.1. The van der Waals surface area contributed by atoms with Gasteiger partial charge in [0.2, 0.25) is 0 Å². The maximum Gasteiger partial charge on any atom is 0.0705 e. The van der Waals surface area contributed by atoms with Crippen molar-refractivity contribution in [2.24, 2.45) is 0 Å². The molecular weight excluding hydrogens is 218 g/mol. The zero-order valence-electron chi connectivity index (χ0n) is 11.3. The van der Waals surface area contributed by atoms with Crippen molar-refractivity contribution < 1.29 is 0 Å². The van der Waals surface area contributed by atoms with Crippen molar-refractivity contribution in [3.63, 3.8) is 0 Å². The summed E-state index contributed by atoms with van der Waals surface area (Å²) in [5, 5.41) is 1.27. The van der Waals surface area contributed by atoms with E-state index in [9.17, 15) is 0 Å². The first-order chi connectivity index (χ1) is 8.92. The summed E-state index contributed by atoms with van der Waals surface area (Å²) in [7, 11) is 0. The third-order valence-corrected chi connectivity index (χ3v) is 3.45. The van der Waals surface area contributed by atoms with Crippen LogP contribution in [0.15, 0.2) is 30.5 Å². The second kappa shape index (κ2) is 7.15. The fourth-order valence-electron chi connectivity index (χ4n) is 2.39. The molecule has 2 rings (SSSR count). The van der Waals surface area contributed by atoms with E-state index in [1.807, 2.05) is 12.3 Å². The van der Waals surface area contributed by atoms with Crippen molar-refractivity contribution in [1.29, 1.82) is 0 Å². The molecule has 2 aromatic rings. The molecule has 0 N–H and O–H groups in total. The molecule has 18 heavy (non-hydrogen) atoms. The molecule has 0 atom stereocenters. The summed E-state index contributed by atoms with van der Waals surface area (Å²) in [6, 6.07) is 11.7. The molecule has 0 amide bonds. The van der Waals surface area contributed by atoms with Crippen LogP contribution in [0.4, 0.5) is 0 Å². The molecule has 1 heteroatoms. The van der Waals surface area contributed by atoms with Crippen LogP contribution in [0.2, 0.25) is 0 Å². The summed E-state index contributed by atoms with van der Waals surface area (Å²) in [4.78, 5) is 4.36. The average Bonchev–Trinajstić information content (AvgIpc) is 2.43. The molecule has 0 unspecified atom stereocenters. The Labute approximate surface area is 110 Å². The lowest BCUT2D eigenvalue weighted by Gasteiger charge is -2.05. The molecule has 1 nitrogen and oxygen atoms in total. The normalized spacial score (nSPS) is 10.9. The van der Waals surface area contributed by atoms with E-state index in [2.05, 4.69) is 36.2 Å². The van der Waals surface area contributed by atoms with Gasteiger partial charge in [-0.1, -0.05) is 57.2 Å². The van der Waals surface area contributed by atoms with E-state index < -0.39 is 0 Å². The van der Waals surface area contributed by atoms with Crippen molar-refractivity contribution in [2.75, 3.05) is 0 Å². The largest absolute Gasteiger partial charge is 0.256 e. The Morgan fingerprint density at radius 1 is 1.00 bits per heavy atom. The molecule has 0 bridgehead atoms. The van der Waals surface area contributed by atoms with Crippen molar-refractivity contribution >= 4 is 10.9 Å². The number of aromatic nitrogens is 1. The Morgan fingerprint density at radius 2 is 1.78 bits per heavy atom. The van der Waals surface area contributed by atoms with E-state index in [-0.39, 0.29) is 0 Å². The lowest BCUT2D eigenvalue weighted by atomic mass is 10.0. The molecular formula is C17H22N. The predicted octanol–water partition coefficient (Wildman–Crippen LogP) is 4.94. The lowest BCUT2D eigenvalue weighted by molar-refractivity contribution is 0.608. The molecule has 0 aliphatic carbocycles. The van der Waals surface area contributed by atoms with Crippen LogP contribution in [0.5, 0.6) is 0 Å². The summed E-state index contributed by atoms with van der Waals surface area (Å²) in [5.41, 5.74) is 2.42. The highest BCUT2D eigenvalue weighted by Gasteiger charge is 2.01. The number of nitrogens with zero attached hydrogens (tertiary/aromatic N) is 1. The molecule has 0 fully saturated rings. The quantitative estimate of drug-likeness (QED) is 0.625. The van der Waals surface area contributed by atoms with Gasteiger partial charge in [0.25, 0.3) is 0 Å². The van der Waals surface area contributed by atoms with Gasteiger partial charge in [-0.25, -0.2) is 0 Å². The van der Waals surface area contributed by atoms with E-state index in [0.717, 1.165) is 11.9 Å². The summed E-state index contributed by atoms with van der Waals surface area (Å²) < 4.78 is 0. The van der Waals surface area contributed by atoms with E-state index in [0.29, 0.717) is 0 Å². The Hall–Kier alpha value is -1.37. The Morgan fingerprint density at radius 3 is 2.67 bits per heavy atom. The van der Waals surface area contributed by atoms with Crippen molar-refractivity contribution in [3.05, 3.63) is 42.1 Å². The van der Waals surface area contributed by atoms with Crippen LogP contribution < -0.4 is 0 Å². The van der Waals surface area contributed by atoms with E-state index in [1.165, 1.54) is 49.5 Å². The molecule has 1 radical (unpaired) electrons. The van der Waals surface area contributed by atoms with E-state index in [1.54, 1.807) is 0 Å². The number of fused-ring (bicyclic) bond motifs is 1. The standard InChI is InChI=1S/C17H22N/c1-2-3-4-5-6-7-10-15-13-14-18-17-12-9-8-11-16(15)17/h8-9,11-12,14H,2-7,10H2,1H3. The van der Waals surface area contributed by atoms with Gasteiger partial charge in [0.05, 0.1) is 5.52 Å². The second-order valence-corrected chi connectivity index (χ2v) is 4.92. The number of rotatable bonds is 7. The monoisotopic (exact) mass is 240 g/mol. The molecule has 0 aliphatic rings. The Bertz CT molecular complexity index is 470. The maximum absolute atomic E-state index is 4.36. The highest BCUT2D eigenvalue weighted by atomic mass is 14.6. The number of para-hydroxylation sites is 1. The first-order valence-electron chi connectivity index (χ1n) is 7.16. The van der Waals surface area contributed by atoms with Gasteiger partial charge in [0, 0.05) is 17.6 Å². The smallest absolute Gasteiger partial charge is 0.0705 e. The fourth-order valence-corrected chi connectivity index (χ4v) is 2.39. The topological polar surface area (TPSA) is 12.9 Å². The summed E-state index contributed by atoms with van der Waals surface area (Å²) in [6.07, 6.45) is 11.0. The summed E-state index contributed by atoms with van der Waals surface area (Å²) in [6.45, 7) is 2.26. The lowest BCUT2D eigenvalue weighted by Crippen LogP contribution is -1.90. The average molecular weight is 240 g/mol. The van der Waals surface area contributed by atoms with Gasteiger partial charge < -0.3 is 0 Å². The zero-order valence-corrected chi connectivity index (χ0v) is 11.3. The minimum Gasteiger partial charge on any atom is -0.256 e. The summed E-state index contributed by atoms with van der Waals surface area (Å²) >= 11 is 0. The number of hydrogen-bond acceptors (Lipinski definition) is 1. The van der Waals surface area contributed by atoms with Crippen LogP contribution in [0.1, 0.15) is 51.0 Å². The molecule has 1 heterocycles. The molecule has 1 aromatic carbocycles. The highest BCUT2D eigenvalue weighted by Crippen LogP contribution is 2.18. The van der Waals surface area contributed by atoms with Gasteiger partial charge in [-0.3, -0.25) is 4.98 Å². The van der Waals surface area contributed by atoms with Crippen LogP contribution in [0, 0.1) is 6.07 Å². The van der Waals surface area contributed by atoms with E-state index >= 15 is 0 Å². The highest BCUT2D eigenvalue weighted by molar-refractivity contribution is 5.81. The van der Waals surface area contributed by atoms with Gasteiger partial charge in [0.1, 0.15) is 0 Å². The second-order valence-electron chi connectivity index (χ2n) is 4.92. The number of aryl methyl sites for hydroxylation is 1. The first-order valence-corrected chi connectivity index (χ1v) is 7.16. The van der Waals surface area contributed by atoms with Gasteiger partial charge in [0.15, 0.2) is 0 Å². The van der Waals surface area contributed by atoms with Crippen LogP contribution in [-0.4, -0.2) is 4.98 Å². The predicted molar refractivity (Wildman–Crippen MR) is 77.7 cm³/mol. The molecule has 0 saturated heterocycles. The Kier molecular flexibility index (Phi) is 5.19. The van der Waals surface area contributed by atoms with Gasteiger partial charge in [-0.2, -0.15) is 0 Å². The maximum atomic E-state index is 4.36. The zero-order chi connectivity index (χ0) is 12.6. The third kappa shape index (κ3) is 3.56. The van der Waals surface area contributed by atoms with E-state index in [4.69, 9.17) is 0 Å². The van der Waals surface area contributed by atoms with Crippen molar-refractivity contribution in [1.82, 2.24) is 4.98 Å². The SMILES string of the molecule is CCCCCCCCc1[c]cnc2ccccc12. The Balaban J connectivity index is 1.88. The minimum absolute atomic E-state index is 1.09. The van der Waals surface area contributed by atoms with Crippen LogP contribution in [-0.2, 0) is 6.42 Å². The summed E-state index contributed by atoms with van der Waals surface area (Å²) in [5.74, 6) is 0. The molecule has 1 aromatic heterocycles.